The van der Waals surface area contributed by atoms with E-state index in [4.69, 9.17) is 30.8 Å². The molecule has 0 amide bonds. The van der Waals surface area contributed by atoms with Crippen LogP contribution in [0.5, 0.6) is 5.75 Å². The minimum atomic E-state index is -0.993. The van der Waals surface area contributed by atoms with Crippen LogP contribution in [0.1, 0.15) is 43.7 Å². The summed E-state index contributed by atoms with van der Waals surface area (Å²) >= 11 is 6.96. The Morgan fingerprint density at radius 3 is 2.74 bits per heavy atom. The van der Waals surface area contributed by atoms with E-state index in [1.54, 1.807) is 6.08 Å². The zero-order valence-corrected chi connectivity index (χ0v) is 20.9. The molecule has 0 bridgehead atoms. The fraction of sp³-hybridized carbons (Fsp3) is 0.333. The summed E-state index contributed by atoms with van der Waals surface area (Å²) in [5.41, 5.74) is 4.64. The summed E-state index contributed by atoms with van der Waals surface area (Å²) in [6.45, 7) is 12.7. The maximum Gasteiger partial charge on any atom is 0.339 e. The van der Waals surface area contributed by atoms with Gasteiger partial charge >= 0.3 is 5.97 Å². The molecule has 1 N–H and O–H groups in total. The minimum Gasteiger partial charge on any atom is -0.490 e. The number of aryl methyl sites for hydroxylation is 1. The number of hydrogen-bond acceptors (Lipinski definition) is 6. The van der Waals surface area contributed by atoms with Crippen LogP contribution < -0.4 is 10.1 Å². The lowest BCUT2D eigenvalue weighted by Gasteiger charge is -2.29. The Morgan fingerprint density at radius 1 is 1.29 bits per heavy atom. The zero-order chi connectivity index (χ0) is 24.6. The number of rotatable bonds is 5. The highest BCUT2D eigenvalue weighted by Crippen LogP contribution is 2.47. The molecule has 34 heavy (non-hydrogen) atoms. The number of anilines is 1. The molecule has 0 spiro atoms. The van der Waals surface area contributed by atoms with Crippen LogP contribution in [0.4, 0.5) is 5.69 Å². The number of methoxy groups -OCH3 is 1. The second-order valence-corrected chi connectivity index (χ2v) is 9.55. The third kappa shape index (κ3) is 4.48. The summed E-state index contributed by atoms with van der Waals surface area (Å²) in [6.07, 6.45) is 0.782. The normalized spacial score (nSPS) is 14.1. The summed E-state index contributed by atoms with van der Waals surface area (Å²) in [7, 11) is 1.36. The number of hydrogen-bond donors (Lipinski definition) is 1. The van der Waals surface area contributed by atoms with Crippen molar-refractivity contribution in [2.24, 2.45) is 0 Å². The molecule has 0 unspecified atom stereocenters. The summed E-state index contributed by atoms with van der Waals surface area (Å²) in [5, 5.41) is 4.69. The van der Waals surface area contributed by atoms with E-state index in [9.17, 15) is 4.79 Å². The van der Waals surface area contributed by atoms with Gasteiger partial charge in [-0.15, -0.1) is 0 Å². The summed E-state index contributed by atoms with van der Waals surface area (Å²) in [4.78, 5) is 17.9. The van der Waals surface area contributed by atoms with Gasteiger partial charge in [0.25, 0.3) is 0 Å². The van der Waals surface area contributed by atoms with Crippen LogP contribution in [0.15, 0.2) is 36.9 Å². The van der Waals surface area contributed by atoms with Gasteiger partial charge in [0.15, 0.2) is 6.10 Å². The number of nitrogens with zero attached hydrogens (tertiary/aromatic N) is 1. The standard InChI is InChI=1S/C27H29ClN2O4/c1-7-16-8-9-17-19(14-16)30-15(2)21(25(26(31)32-6)34-27(3,4)5)22(17)18-10-11-20-24(23(18)28)29-12-13-33-20/h7-11,14,25,29H,1,12-13H2,2-6H3/t25-/m0/s1. The van der Waals surface area contributed by atoms with Gasteiger partial charge in [0, 0.05) is 34.3 Å². The molecule has 2 heterocycles. The molecule has 0 radical (unpaired) electrons. The topological polar surface area (TPSA) is 69.7 Å². The van der Waals surface area contributed by atoms with E-state index in [0.717, 1.165) is 33.3 Å². The van der Waals surface area contributed by atoms with Gasteiger partial charge in [-0.05, 0) is 51.5 Å². The van der Waals surface area contributed by atoms with Crippen molar-refractivity contribution in [3.05, 3.63) is 58.8 Å². The zero-order valence-electron chi connectivity index (χ0n) is 20.1. The number of nitrogens with one attached hydrogen (secondary N) is 1. The van der Waals surface area contributed by atoms with E-state index in [2.05, 4.69) is 11.9 Å². The Hall–Kier alpha value is -3.09. The Labute approximate surface area is 204 Å². The van der Waals surface area contributed by atoms with Crippen LogP contribution >= 0.6 is 11.6 Å². The molecular weight excluding hydrogens is 452 g/mol. The second kappa shape index (κ2) is 9.28. The van der Waals surface area contributed by atoms with Gasteiger partial charge in [0.2, 0.25) is 0 Å². The van der Waals surface area contributed by atoms with Crippen molar-refractivity contribution in [2.75, 3.05) is 25.6 Å². The van der Waals surface area contributed by atoms with Crippen molar-refractivity contribution >= 4 is 40.2 Å². The molecule has 0 saturated heterocycles. The van der Waals surface area contributed by atoms with Gasteiger partial charge in [-0.3, -0.25) is 4.98 Å². The summed E-state index contributed by atoms with van der Waals surface area (Å²) in [5.74, 6) is 0.194. The van der Waals surface area contributed by atoms with Crippen molar-refractivity contribution in [1.82, 2.24) is 4.98 Å². The molecule has 1 aromatic heterocycles. The van der Waals surface area contributed by atoms with Crippen molar-refractivity contribution in [2.45, 2.75) is 39.4 Å². The Balaban J connectivity index is 2.09. The van der Waals surface area contributed by atoms with Gasteiger partial charge in [-0.25, -0.2) is 4.79 Å². The van der Waals surface area contributed by atoms with Crippen molar-refractivity contribution in [1.29, 1.82) is 0 Å². The predicted molar refractivity (Wildman–Crippen MR) is 137 cm³/mol. The van der Waals surface area contributed by atoms with E-state index in [0.29, 0.717) is 35.2 Å². The molecule has 1 aliphatic heterocycles. The van der Waals surface area contributed by atoms with Gasteiger partial charge < -0.3 is 19.5 Å². The first-order valence-electron chi connectivity index (χ1n) is 11.2. The van der Waals surface area contributed by atoms with Crippen LogP contribution in [-0.2, 0) is 14.3 Å². The van der Waals surface area contributed by atoms with Crippen LogP contribution in [0.2, 0.25) is 5.02 Å². The smallest absolute Gasteiger partial charge is 0.339 e. The van der Waals surface area contributed by atoms with Crippen LogP contribution in [-0.4, -0.2) is 36.8 Å². The first-order valence-corrected chi connectivity index (χ1v) is 11.5. The summed E-state index contributed by atoms with van der Waals surface area (Å²) in [6, 6.07) is 9.71. The largest absolute Gasteiger partial charge is 0.490 e. The molecule has 1 aliphatic rings. The average Bonchev–Trinajstić information content (AvgIpc) is 2.81. The lowest BCUT2D eigenvalue weighted by atomic mass is 9.90. The van der Waals surface area contributed by atoms with E-state index < -0.39 is 17.7 Å². The molecule has 4 rings (SSSR count). The fourth-order valence-corrected chi connectivity index (χ4v) is 4.53. The number of halogens is 1. The van der Waals surface area contributed by atoms with E-state index in [1.165, 1.54) is 7.11 Å². The number of ether oxygens (including phenoxy) is 3. The van der Waals surface area contributed by atoms with Crippen molar-refractivity contribution in [3.63, 3.8) is 0 Å². The molecule has 7 heteroatoms. The van der Waals surface area contributed by atoms with Crippen molar-refractivity contribution < 1.29 is 19.0 Å². The third-order valence-corrected chi connectivity index (χ3v) is 6.05. The SMILES string of the molecule is C=Cc1ccc2c(-c3ccc4c(c3Cl)NCCO4)c([C@H](OC(C)(C)C)C(=O)OC)c(C)nc2c1. The maximum absolute atomic E-state index is 13.0. The Bertz CT molecular complexity index is 1280. The van der Waals surface area contributed by atoms with Crippen LogP contribution in [0, 0.1) is 6.92 Å². The molecule has 2 aromatic carbocycles. The number of fused-ring (bicyclic) bond motifs is 2. The molecule has 1 atom stereocenters. The van der Waals surface area contributed by atoms with Crippen LogP contribution in [0.25, 0.3) is 28.1 Å². The highest BCUT2D eigenvalue weighted by molar-refractivity contribution is 6.37. The van der Waals surface area contributed by atoms with Gasteiger partial charge in [0.1, 0.15) is 12.4 Å². The maximum atomic E-state index is 13.0. The molecule has 6 nitrogen and oxygen atoms in total. The highest BCUT2D eigenvalue weighted by atomic mass is 35.5. The lowest BCUT2D eigenvalue weighted by Crippen LogP contribution is -2.29. The number of benzene rings is 2. The first-order chi connectivity index (χ1) is 16.1. The third-order valence-electron chi connectivity index (χ3n) is 5.66. The molecule has 0 saturated carbocycles. The monoisotopic (exact) mass is 480 g/mol. The van der Waals surface area contributed by atoms with Gasteiger partial charge in [-0.1, -0.05) is 36.4 Å². The van der Waals surface area contributed by atoms with E-state index >= 15 is 0 Å². The number of carbonyl (C=O) groups excluding carboxylic acids is 1. The first kappa shape index (κ1) is 24.0. The quantitative estimate of drug-likeness (QED) is 0.430. The molecular formula is C27H29ClN2O4. The predicted octanol–water partition coefficient (Wildman–Crippen LogP) is 6.34. The molecule has 0 aliphatic carbocycles. The van der Waals surface area contributed by atoms with E-state index in [-0.39, 0.29) is 0 Å². The number of esters is 1. The Morgan fingerprint density at radius 2 is 2.06 bits per heavy atom. The molecule has 178 valence electrons. The molecule has 3 aromatic rings. The number of carbonyl (C=O) groups is 1. The average molecular weight is 481 g/mol. The number of aromatic nitrogens is 1. The van der Waals surface area contributed by atoms with Gasteiger partial charge in [0.05, 0.1) is 28.9 Å². The summed E-state index contributed by atoms with van der Waals surface area (Å²) < 4.78 is 17.2. The second-order valence-electron chi connectivity index (χ2n) is 9.18. The minimum absolute atomic E-state index is 0.501. The Kier molecular flexibility index (Phi) is 6.56. The fourth-order valence-electron chi connectivity index (χ4n) is 4.22. The number of pyridine rings is 1. The lowest BCUT2D eigenvalue weighted by molar-refractivity contribution is -0.164. The van der Waals surface area contributed by atoms with E-state index in [1.807, 2.05) is 58.0 Å². The van der Waals surface area contributed by atoms with Gasteiger partial charge in [-0.2, -0.15) is 0 Å². The highest BCUT2D eigenvalue weighted by Gasteiger charge is 2.34. The molecule has 0 fully saturated rings. The van der Waals surface area contributed by atoms with Crippen LogP contribution in [0.3, 0.4) is 0 Å². The van der Waals surface area contributed by atoms with Crippen molar-refractivity contribution in [3.8, 4) is 16.9 Å².